The van der Waals surface area contributed by atoms with Gasteiger partial charge in [-0.05, 0) is 18.6 Å². The fourth-order valence-corrected chi connectivity index (χ4v) is 3.61. The van der Waals surface area contributed by atoms with Crippen LogP contribution in [-0.4, -0.2) is 35.4 Å². The minimum Gasteiger partial charge on any atom is -0.326 e. The number of nitrogens with two attached hydrogens (primary N) is 1. The van der Waals surface area contributed by atoms with Crippen LogP contribution in [0.15, 0.2) is 23.1 Å². The SMILES string of the molecule is CS(=O)(=O)CCCNS(=O)(=O)c1cccc(F)c1CN. The molecule has 1 aromatic carbocycles. The van der Waals surface area contributed by atoms with E-state index in [0.717, 1.165) is 12.3 Å². The fourth-order valence-electron chi connectivity index (χ4n) is 1.61. The molecule has 3 N–H and O–H groups in total. The third kappa shape index (κ3) is 4.82. The molecule has 0 aliphatic heterocycles. The Hall–Kier alpha value is -1.03. The minimum atomic E-state index is -3.91. The fraction of sp³-hybridized carbons (Fsp3) is 0.455. The van der Waals surface area contributed by atoms with E-state index in [-0.39, 0.29) is 35.7 Å². The second-order valence-electron chi connectivity index (χ2n) is 4.30. The van der Waals surface area contributed by atoms with Crippen molar-refractivity contribution < 1.29 is 21.2 Å². The number of benzene rings is 1. The summed E-state index contributed by atoms with van der Waals surface area (Å²) in [6.45, 7) is -0.289. The molecule has 0 spiro atoms. The molecule has 9 heteroatoms. The van der Waals surface area contributed by atoms with Crippen molar-refractivity contribution in [2.45, 2.75) is 17.9 Å². The normalized spacial score (nSPS) is 12.6. The summed E-state index contributed by atoms with van der Waals surface area (Å²) in [5.41, 5.74) is 5.25. The van der Waals surface area contributed by atoms with E-state index in [4.69, 9.17) is 5.73 Å². The van der Waals surface area contributed by atoms with Gasteiger partial charge in [0.1, 0.15) is 15.7 Å². The zero-order valence-corrected chi connectivity index (χ0v) is 12.6. The Morgan fingerprint density at radius 3 is 2.45 bits per heavy atom. The maximum absolute atomic E-state index is 13.5. The Balaban J connectivity index is 2.82. The first-order valence-corrected chi connectivity index (χ1v) is 9.36. The van der Waals surface area contributed by atoms with Crippen LogP contribution in [0.3, 0.4) is 0 Å². The van der Waals surface area contributed by atoms with Crippen LogP contribution in [0, 0.1) is 5.82 Å². The molecule has 1 aromatic rings. The molecular formula is C11H17FN2O4S2. The van der Waals surface area contributed by atoms with Crippen molar-refractivity contribution in [2.24, 2.45) is 5.73 Å². The minimum absolute atomic E-state index is 0.0457. The summed E-state index contributed by atoms with van der Waals surface area (Å²) in [6.07, 6.45) is 1.21. The second-order valence-corrected chi connectivity index (χ2v) is 8.30. The van der Waals surface area contributed by atoms with Gasteiger partial charge in [-0.3, -0.25) is 0 Å². The van der Waals surface area contributed by atoms with E-state index in [9.17, 15) is 21.2 Å². The molecule has 0 aliphatic carbocycles. The highest BCUT2D eigenvalue weighted by atomic mass is 32.2. The lowest BCUT2D eigenvalue weighted by molar-refractivity contribution is 0.569. The summed E-state index contributed by atoms with van der Waals surface area (Å²) in [5, 5.41) is 0. The lowest BCUT2D eigenvalue weighted by atomic mass is 10.2. The highest BCUT2D eigenvalue weighted by molar-refractivity contribution is 7.90. The van der Waals surface area contributed by atoms with E-state index < -0.39 is 25.7 Å². The third-order valence-corrected chi connectivity index (χ3v) is 5.13. The van der Waals surface area contributed by atoms with Crippen LogP contribution in [0.2, 0.25) is 0 Å². The van der Waals surface area contributed by atoms with E-state index >= 15 is 0 Å². The van der Waals surface area contributed by atoms with Gasteiger partial charge in [-0.1, -0.05) is 6.07 Å². The number of hydrogen-bond acceptors (Lipinski definition) is 5. The van der Waals surface area contributed by atoms with E-state index in [1.807, 2.05) is 0 Å². The first-order valence-electron chi connectivity index (χ1n) is 5.82. The molecule has 0 aromatic heterocycles. The Morgan fingerprint density at radius 1 is 1.25 bits per heavy atom. The number of hydrogen-bond donors (Lipinski definition) is 2. The molecule has 0 unspecified atom stereocenters. The molecule has 0 saturated carbocycles. The smallest absolute Gasteiger partial charge is 0.240 e. The van der Waals surface area contributed by atoms with Gasteiger partial charge in [-0.15, -0.1) is 0 Å². The molecule has 20 heavy (non-hydrogen) atoms. The largest absolute Gasteiger partial charge is 0.326 e. The van der Waals surface area contributed by atoms with Gasteiger partial charge in [0.2, 0.25) is 10.0 Å². The number of nitrogens with one attached hydrogen (secondary N) is 1. The molecule has 0 radical (unpaired) electrons. The molecule has 0 aliphatic rings. The quantitative estimate of drug-likeness (QED) is 0.687. The zero-order chi connectivity index (χ0) is 15.4. The average Bonchev–Trinajstić information content (AvgIpc) is 2.33. The molecule has 1 rings (SSSR count). The molecule has 0 atom stereocenters. The third-order valence-electron chi connectivity index (χ3n) is 2.55. The molecule has 0 bridgehead atoms. The second kappa shape index (κ2) is 6.61. The average molecular weight is 324 g/mol. The topological polar surface area (TPSA) is 106 Å². The Kier molecular flexibility index (Phi) is 5.63. The molecule has 114 valence electrons. The van der Waals surface area contributed by atoms with Gasteiger partial charge >= 0.3 is 0 Å². The van der Waals surface area contributed by atoms with Crippen molar-refractivity contribution in [2.75, 3.05) is 18.6 Å². The summed E-state index contributed by atoms with van der Waals surface area (Å²) in [7, 11) is -7.05. The molecule has 0 saturated heterocycles. The zero-order valence-electron chi connectivity index (χ0n) is 11.0. The maximum Gasteiger partial charge on any atom is 0.240 e. The van der Waals surface area contributed by atoms with Gasteiger partial charge in [0.15, 0.2) is 0 Å². The van der Waals surface area contributed by atoms with Crippen LogP contribution >= 0.6 is 0 Å². The van der Waals surface area contributed by atoms with Crippen LogP contribution in [0.1, 0.15) is 12.0 Å². The van der Waals surface area contributed by atoms with Crippen LogP contribution in [0.5, 0.6) is 0 Å². The van der Waals surface area contributed by atoms with E-state index in [1.54, 1.807) is 0 Å². The number of sulfone groups is 1. The van der Waals surface area contributed by atoms with Gasteiger partial charge < -0.3 is 5.73 Å². The first kappa shape index (κ1) is 17.0. The van der Waals surface area contributed by atoms with Gasteiger partial charge in [-0.25, -0.2) is 25.9 Å². The van der Waals surface area contributed by atoms with Crippen LogP contribution in [0.25, 0.3) is 0 Å². The molecular weight excluding hydrogens is 307 g/mol. The number of halogens is 1. The van der Waals surface area contributed by atoms with Gasteiger partial charge in [0.05, 0.1) is 10.6 Å². The van der Waals surface area contributed by atoms with E-state index in [0.29, 0.717) is 0 Å². The number of sulfonamides is 1. The Labute approximate surface area is 118 Å². The van der Waals surface area contributed by atoms with Crippen LogP contribution in [-0.2, 0) is 26.4 Å². The van der Waals surface area contributed by atoms with Crippen molar-refractivity contribution in [1.82, 2.24) is 4.72 Å². The van der Waals surface area contributed by atoms with Crippen molar-refractivity contribution in [3.05, 3.63) is 29.6 Å². The highest BCUT2D eigenvalue weighted by Crippen LogP contribution is 2.18. The Morgan fingerprint density at radius 2 is 1.90 bits per heavy atom. The summed E-state index contributed by atoms with van der Waals surface area (Å²) >= 11 is 0. The van der Waals surface area contributed by atoms with Gasteiger partial charge in [0, 0.05) is 24.9 Å². The summed E-state index contributed by atoms with van der Waals surface area (Å²) < 4.78 is 61.6. The highest BCUT2D eigenvalue weighted by Gasteiger charge is 2.19. The van der Waals surface area contributed by atoms with E-state index in [1.165, 1.54) is 12.1 Å². The van der Waals surface area contributed by atoms with Gasteiger partial charge in [0.25, 0.3) is 0 Å². The van der Waals surface area contributed by atoms with Crippen molar-refractivity contribution in [1.29, 1.82) is 0 Å². The molecule has 0 heterocycles. The van der Waals surface area contributed by atoms with Crippen molar-refractivity contribution in [3.63, 3.8) is 0 Å². The predicted octanol–water partition coefficient (Wildman–Crippen LogP) is -0.00260. The standard InChI is InChI=1S/C11H17FN2O4S2/c1-19(15,16)7-3-6-14-20(17,18)11-5-2-4-10(12)9(11)8-13/h2,4-5,14H,3,6-8,13H2,1H3. The first-order chi connectivity index (χ1) is 9.17. The summed E-state index contributed by atoms with van der Waals surface area (Å²) in [6, 6.07) is 3.66. The Bertz CT molecular complexity index is 672. The number of rotatable bonds is 7. The van der Waals surface area contributed by atoms with Gasteiger partial charge in [-0.2, -0.15) is 0 Å². The molecule has 0 amide bonds. The molecule has 0 fully saturated rings. The lowest BCUT2D eigenvalue weighted by Gasteiger charge is -2.10. The van der Waals surface area contributed by atoms with Crippen molar-refractivity contribution in [3.8, 4) is 0 Å². The summed E-state index contributed by atoms with van der Waals surface area (Å²) in [5.74, 6) is -0.811. The van der Waals surface area contributed by atoms with E-state index in [2.05, 4.69) is 4.72 Å². The maximum atomic E-state index is 13.5. The lowest BCUT2D eigenvalue weighted by Crippen LogP contribution is -2.27. The monoisotopic (exact) mass is 324 g/mol. The van der Waals surface area contributed by atoms with Crippen LogP contribution in [0.4, 0.5) is 4.39 Å². The van der Waals surface area contributed by atoms with Crippen LogP contribution < -0.4 is 10.5 Å². The summed E-state index contributed by atoms with van der Waals surface area (Å²) in [4.78, 5) is -0.223. The predicted molar refractivity (Wildman–Crippen MR) is 73.8 cm³/mol. The van der Waals surface area contributed by atoms with Crippen molar-refractivity contribution >= 4 is 19.9 Å². The molecule has 6 nitrogen and oxygen atoms in total.